The summed E-state index contributed by atoms with van der Waals surface area (Å²) in [4.78, 5) is 25.6. The molecular formula is C24H27N5O2. The van der Waals surface area contributed by atoms with Crippen LogP contribution in [-0.4, -0.2) is 26.6 Å². The number of fused-ring (bicyclic) bond motifs is 1. The molecule has 7 heteroatoms. The van der Waals surface area contributed by atoms with E-state index in [2.05, 4.69) is 40.2 Å². The van der Waals surface area contributed by atoms with Gasteiger partial charge in [-0.05, 0) is 68.5 Å². The number of nitrogens with one attached hydrogen (secondary N) is 1. The lowest BCUT2D eigenvalue weighted by Crippen LogP contribution is -2.36. The second-order valence-electron chi connectivity index (χ2n) is 8.84. The van der Waals surface area contributed by atoms with E-state index in [-0.39, 0.29) is 11.6 Å². The van der Waals surface area contributed by atoms with Gasteiger partial charge in [-0.25, -0.2) is 14.8 Å². The van der Waals surface area contributed by atoms with E-state index >= 15 is 0 Å². The van der Waals surface area contributed by atoms with Crippen molar-refractivity contribution in [1.29, 1.82) is 5.26 Å². The number of aromatic nitrogens is 3. The number of hydrogen-bond acceptors (Lipinski definition) is 6. The number of alkyl carbamates (subject to hydrolysis) is 1. The van der Waals surface area contributed by atoms with Crippen LogP contribution in [0.5, 0.6) is 0 Å². The highest BCUT2D eigenvalue weighted by atomic mass is 16.6. The molecule has 160 valence electrons. The number of carbonyl (C=O) groups is 1. The van der Waals surface area contributed by atoms with Crippen molar-refractivity contribution in [2.24, 2.45) is 5.92 Å². The molecule has 1 atom stereocenters. The van der Waals surface area contributed by atoms with E-state index in [9.17, 15) is 10.1 Å². The number of hydrogen-bond donors (Lipinski definition) is 1. The number of carbonyl (C=O) groups excluding carboxylic acids is 1. The summed E-state index contributed by atoms with van der Waals surface area (Å²) in [6, 6.07) is 11.3. The van der Waals surface area contributed by atoms with Crippen LogP contribution in [0.4, 0.5) is 4.79 Å². The van der Waals surface area contributed by atoms with E-state index in [0.29, 0.717) is 23.1 Å². The Labute approximate surface area is 182 Å². The van der Waals surface area contributed by atoms with Gasteiger partial charge in [0.1, 0.15) is 11.7 Å². The minimum absolute atomic E-state index is 0.274. The van der Waals surface area contributed by atoms with Gasteiger partial charge in [-0.1, -0.05) is 19.9 Å². The van der Waals surface area contributed by atoms with Crippen molar-refractivity contribution in [1.82, 2.24) is 20.3 Å². The number of amides is 1. The SMILES string of the molecule is CC(C)CC(NC(=O)OC(C)(C)C)c1nc(C#N)c2cc(-c3ccncc3)ccc2n1. The van der Waals surface area contributed by atoms with E-state index < -0.39 is 17.7 Å². The molecule has 0 aliphatic heterocycles. The highest BCUT2D eigenvalue weighted by Gasteiger charge is 2.24. The highest BCUT2D eigenvalue weighted by Crippen LogP contribution is 2.27. The van der Waals surface area contributed by atoms with E-state index in [4.69, 9.17) is 4.74 Å². The molecule has 2 aromatic heterocycles. The Bertz CT molecular complexity index is 1110. The molecule has 3 rings (SSSR count). The predicted octanol–water partition coefficient (Wildman–Crippen LogP) is 5.18. The van der Waals surface area contributed by atoms with Gasteiger partial charge >= 0.3 is 6.09 Å². The summed E-state index contributed by atoms with van der Waals surface area (Å²) < 4.78 is 5.40. The van der Waals surface area contributed by atoms with Crippen LogP contribution >= 0.6 is 0 Å². The van der Waals surface area contributed by atoms with Crippen LogP contribution in [-0.2, 0) is 4.74 Å². The quantitative estimate of drug-likeness (QED) is 0.614. The molecule has 0 fully saturated rings. The number of benzene rings is 1. The van der Waals surface area contributed by atoms with Crippen LogP contribution in [0.25, 0.3) is 22.0 Å². The first-order valence-electron chi connectivity index (χ1n) is 10.3. The molecule has 0 aliphatic rings. The zero-order valence-corrected chi connectivity index (χ0v) is 18.5. The number of nitriles is 1. The zero-order valence-electron chi connectivity index (χ0n) is 18.5. The van der Waals surface area contributed by atoms with Crippen LogP contribution in [0.1, 0.15) is 58.6 Å². The van der Waals surface area contributed by atoms with Crippen LogP contribution in [0.15, 0.2) is 42.7 Å². The molecule has 2 heterocycles. The summed E-state index contributed by atoms with van der Waals surface area (Å²) in [6.45, 7) is 9.54. The van der Waals surface area contributed by atoms with Crippen molar-refractivity contribution in [2.75, 3.05) is 0 Å². The van der Waals surface area contributed by atoms with Crippen molar-refractivity contribution >= 4 is 17.0 Å². The summed E-state index contributed by atoms with van der Waals surface area (Å²) in [5, 5.41) is 13.3. The summed E-state index contributed by atoms with van der Waals surface area (Å²) in [5.74, 6) is 0.680. The largest absolute Gasteiger partial charge is 0.444 e. The molecule has 0 bridgehead atoms. The van der Waals surface area contributed by atoms with Gasteiger partial charge in [0.05, 0.1) is 11.6 Å². The third-order valence-electron chi connectivity index (χ3n) is 4.54. The monoisotopic (exact) mass is 417 g/mol. The first-order chi connectivity index (χ1) is 14.7. The second-order valence-corrected chi connectivity index (χ2v) is 8.84. The fraction of sp³-hybridized carbons (Fsp3) is 0.375. The van der Waals surface area contributed by atoms with Gasteiger partial charge < -0.3 is 10.1 Å². The van der Waals surface area contributed by atoms with Gasteiger partial charge in [-0.3, -0.25) is 4.98 Å². The first kappa shape index (κ1) is 22.2. The van der Waals surface area contributed by atoms with Gasteiger partial charge in [-0.15, -0.1) is 0 Å². The van der Waals surface area contributed by atoms with Crippen LogP contribution in [0, 0.1) is 17.2 Å². The van der Waals surface area contributed by atoms with Gasteiger partial charge in [0.2, 0.25) is 0 Å². The third kappa shape index (κ3) is 5.76. The molecule has 0 saturated carbocycles. The minimum atomic E-state index is -0.613. The lowest BCUT2D eigenvalue weighted by atomic mass is 10.0. The lowest BCUT2D eigenvalue weighted by Gasteiger charge is -2.24. The molecular weight excluding hydrogens is 390 g/mol. The Morgan fingerprint density at radius 3 is 2.45 bits per heavy atom. The van der Waals surface area contributed by atoms with Crippen LogP contribution < -0.4 is 5.32 Å². The molecule has 0 spiro atoms. The highest BCUT2D eigenvalue weighted by molar-refractivity contribution is 5.88. The minimum Gasteiger partial charge on any atom is -0.444 e. The Morgan fingerprint density at radius 2 is 1.84 bits per heavy atom. The first-order valence-corrected chi connectivity index (χ1v) is 10.3. The predicted molar refractivity (Wildman–Crippen MR) is 119 cm³/mol. The summed E-state index contributed by atoms with van der Waals surface area (Å²) in [6.07, 6.45) is 3.53. The molecule has 0 aliphatic carbocycles. The molecule has 0 saturated heterocycles. The third-order valence-corrected chi connectivity index (χ3v) is 4.54. The van der Waals surface area contributed by atoms with E-state index in [1.165, 1.54) is 0 Å². The Balaban J connectivity index is 2.01. The van der Waals surface area contributed by atoms with Crippen LogP contribution in [0.3, 0.4) is 0 Å². The van der Waals surface area contributed by atoms with Crippen LogP contribution in [0.2, 0.25) is 0 Å². The Hall–Kier alpha value is -3.53. The molecule has 1 unspecified atom stereocenters. The standard InChI is InChI=1S/C24H27N5O2/c1-15(2)12-20(29-23(30)31-24(3,4)5)22-27-19-7-6-17(16-8-10-26-11-9-16)13-18(19)21(14-25)28-22/h6-11,13,15,20H,12H2,1-5H3,(H,29,30). The molecule has 3 aromatic rings. The molecule has 0 radical (unpaired) electrons. The average Bonchev–Trinajstić information content (AvgIpc) is 2.71. The number of pyridine rings is 1. The van der Waals surface area contributed by atoms with Crippen molar-refractivity contribution in [3.8, 4) is 17.2 Å². The molecule has 1 aromatic carbocycles. The van der Waals surface area contributed by atoms with Gasteiger partial charge in [-0.2, -0.15) is 5.26 Å². The molecule has 31 heavy (non-hydrogen) atoms. The normalized spacial score (nSPS) is 12.4. The smallest absolute Gasteiger partial charge is 0.408 e. The fourth-order valence-corrected chi connectivity index (χ4v) is 3.26. The average molecular weight is 418 g/mol. The molecule has 1 amide bonds. The molecule has 1 N–H and O–H groups in total. The number of rotatable bonds is 5. The van der Waals surface area contributed by atoms with Crippen molar-refractivity contribution < 1.29 is 9.53 Å². The number of ether oxygens (including phenoxy) is 1. The molecule has 7 nitrogen and oxygen atoms in total. The van der Waals surface area contributed by atoms with E-state index in [1.54, 1.807) is 12.4 Å². The second kappa shape index (κ2) is 9.09. The summed E-state index contributed by atoms with van der Waals surface area (Å²) in [7, 11) is 0. The van der Waals surface area contributed by atoms with Gasteiger partial charge in [0.25, 0.3) is 0 Å². The number of nitrogens with zero attached hydrogens (tertiary/aromatic N) is 4. The summed E-state index contributed by atoms with van der Waals surface area (Å²) >= 11 is 0. The summed E-state index contributed by atoms with van der Waals surface area (Å²) in [5.41, 5.74) is 2.26. The van der Waals surface area contributed by atoms with Gasteiger partial charge in [0.15, 0.2) is 11.5 Å². The maximum Gasteiger partial charge on any atom is 0.408 e. The van der Waals surface area contributed by atoms with Gasteiger partial charge in [0, 0.05) is 17.8 Å². The van der Waals surface area contributed by atoms with Crippen molar-refractivity contribution in [2.45, 2.75) is 52.7 Å². The zero-order chi connectivity index (χ0) is 22.6. The Morgan fingerprint density at radius 1 is 1.13 bits per heavy atom. The van der Waals surface area contributed by atoms with Crippen molar-refractivity contribution in [3.63, 3.8) is 0 Å². The Kier molecular flexibility index (Phi) is 6.50. The maximum absolute atomic E-state index is 12.4. The van der Waals surface area contributed by atoms with E-state index in [1.807, 2.05) is 51.1 Å². The fourth-order valence-electron chi connectivity index (χ4n) is 3.26. The maximum atomic E-state index is 12.4. The van der Waals surface area contributed by atoms with E-state index in [0.717, 1.165) is 11.1 Å². The van der Waals surface area contributed by atoms with Crippen molar-refractivity contribution in [3.05, 3.63) is 54.2 Å². The topological polar surface area (TPSA) is 101 Å². The lowest BCUT2D eigenvalue weighted by molar-refractivity contribution is 0.0495.